The van der Waals surface area contributed by atoms with Crippen molar-refractivity contribution in [3.8, 4) is 11.3 Å². The fourth-order valence-corrected chi connectivity index (χ4v) is 3.59. The van der Waals surface area contributed by atoms with Gasteiger partial charge in [0.25, 0.3) is 5.91 Å². The molecule has 144 valence electrons. The molecule has 0 bridgehead atoms. The maximum absolute atomic E-state index is 13.1. The predicted molar refractivity (Wildman–Crippen MR) is 119 cm³/mol. The molecule has 0 saturated carbocycles. The van der Waals surface area contributed by atoms with Crippen molar-refractivity contribution >= 4 is 21.8 Å². The van der Waals surface area contributed by atoms with Crippen LogP contribution >= 0.6 is 15.9 Å². The molecule has 1 amide bonds. The molecule has 29 heavy (non-hydrogen) atoms. The average molecular weight is 446 g/mol. The van der Waals surface area contributed by atoms with E-state index in [2.05, 4.69) is 21.2 Å². The number of hydrogen-bond donors (Lipinski definition) is 1. The summed E-state index contributed by atoms with van der Waals surface area (Å²) in [4.78, 5) is 13.1. The molecule has 1 N–H and O–H groups in total. The van der Waals surface area contributed by atoms with Gasteiger partial charge in [-0.05, 0) is 36.2 Å². The molecule has 1 aromatic heterocycles. The number of halogens is 1. The van der Waals surface area contributed by atoms with Gasteiger partial charge in [0.1, 0.15) is 11.5 Å². The van der Waals surface area contributed by atoms with E-state index in [0.29, 0.717) is 17.1 Å². The highest BCUT2D eigenvalue weighted by molar-refractivity contribution is 9.10. The highest BCUT2D eigenvalue weighted by Crippen LogP contribution is 2.28. The fraction of sp³-hybridized carbons (Fsp3) is 0.0800. The first-order chi connectivity index (χ1) is 14.1. The minimum absolute atomic E-state index is 0.160. The topological polar surface area (TPSA) is 42.2 Å². The quantitative estimate of drug-likeness (QED) is 0.378. The maximum Gasteiger partial charge on any atom is 0.255 e. The monoisotopic (exact) mass is 445 g/mol. The van der Waals surface area contributed by atoms with Crippen molar-refractivity contribution in [2.24, 2.45) is 0 Å². The van der Waals surface area contributed by atoms with Gasteiger partial charge in [-0.2, -0.15) is 0 Å². The summed E-state index contributed by atoms with van der Waals surface area (Å²) in [6, 6.07) is 29.3. The number of carbonyl (C=O) groups is 1. The summed E-state index contributed by atoms with van der Waals surface area (Å²) in [5.41, 5.74) is 3.53. The smallest absolute Gasteiger partial charge is 0.255 e. The summed E-state index contributed by atoms with van der Waals surface area (Å²) < 4.78 is 6.87. The first-order valence-corrected chi connectivity index (χ1v) is 10.2. The molecule has 3 nitrogen and oxygen atoms in total. The number of rotatable bonds is 5. The largest absolute Gasteiger partial charge is 0.461 e. The van der Waals surface area contributed by atoms with Crippen molar-refractivity contribution in [2.75, 3.05) is 0 Å². The van der Waals surface area contributed by atoms with Crippen molar-refractivity contribution in [2.45, 2.75) is 13.0 Å². The van der Waals surface area contributed by atoms with E-state index >= 15 is 0 Å². The van der Waals surface area contributed by atoms with Gasteiger partial charge in [0.2, 0.25) is 0 Å². The lowest BCUT2D eigenvalue weighted by Crippen LogP contribution is -2.29. The van der Waals surface area contributed by atoms with Crippen LogP contribution in [0.4, 0.5) is 0 Å². The van der Waals surface area contributed by atoms with Crippen LogP contribution in [0.1, 0.15) is 33.3 Å². The van der Waals surface area contributed by atoms with Gasteiger partial charge in [0.05, 0.1) is 11.6 Å². The molecule has 1 heterocycles. The van der Waals surface area contributed by atoms with Crippen LogP contribution in [0.3, 0.4) is 0 Å². The third-order valence-corrected chi connectivity index (χ3v) is 5.36. The number of benzene rings is 3. The summed E-state index contributed by atoms with van der Waals surface area (Å²) in [7, 11) is 0. The second-order valence-corrected chi connectivity index (χ2v) is 7.73. The minimum Gasteiger partial charge on any atom is -0.461 e. The summed E-state index contributed by atoms with van der Waals surface area (Å²) in [6.45, 7) is 1.82. The summed E-state index contributed by atoms with van der Waals surface area (Å²) in [5.74, 6) is 1.11. The van der Waals surface area contributed by atoms with Gasteiger partial charge in [-0.3, -0.25) is 4.79 Å². The molecule has 0 atom stereocenters. The molecule has 0 radical (unpaired) electrons. The Hall–Kier alpha value is -3.11. The lowest BCUT2D eigenvalue weighted by Gasteiger charge is -2.19. The lowest BCUT2D eigenvalue weighted by molar-refractivity contribution is 0.0941. The molecule has 4 aromatic rings. The predicted octanol–water partition coefficient (Wildman–Crippen LogP) is 6.54. The van der Waals surface area contributed by atoms with Crippen molar-refractivity contribution < 1.29 is 9.21 Å². The second-order valence-electron chi connectivity index (χ2n) is 6.82. The Kier molecular flexibility index (Phi) is 5.63. The summed E-state index contributed by atoms with van der Waals surface area (Å²) in [5, 5.41) is 3.17. The molecule has 3 aromatic carbocycles. The molecule has 0 fully saturated rings. The molecule has 0 spiro atoms. The van der Waals surface area contributed by atoms with Gasteiger partial charge in [0, 0.05) is 10.0 Å². The summed E-state index contributed by atoms with van der Waals surface area (Å²) in [6.07, 6.45) is 0. The van der Waals surface area contributed by atoms with Crippen LogP contribution in [0.15, 0.2) is 99.9 Å². The van der Waals surface area contributed by atoms with E-state index in [-0.39, 0.29) is 11.9 Å². The van der Waals surface area contributed by atoms with Gasteiger partial charge >= 0.3 is 0 Å². The molecule has 0 saturated heterocycles. The Morgan fingerprint density at radius 2 is 1.41 bits per heavy atom. The van der Waals surface area contributed by atoms with E-state index in [1.807, 2.05) is 91.9 Å². The van der Waals surface area contributed by atoms with E-state index in [4.69, 9.17) is 4.42 Å². The van der Waals surface area contributed by atoms with Crippen LogP contribution in [-0.2, 0) is 0 Å². The molecular weight excluding hydrogens is 426 g/mol. The van der Waals surface area contributed by atoms with Crippen LogP contribution in [0.25, 0.3) is 11.3 Å². The van der Waals surface area contributed by atoms with E-state index in [9.17, 15) is 4.79 Å². The van der Waals surface area contributed by atoms with Gasteiger partial charge < -0.3 is 9.73 Å². The molecule has 0 aliphatic heterocycles. The molecule has 0 unspecified atom stereocenters. The third kappa shape index (κ3) is 4.33. The Morgan fingerprint density at radius 1 is 0.862 bits per heavy atom. The van der Waals surface area contributed by atoms with Gasteiger partial charge in [-0.15, -0.1) is 0 Å². The fourth-order valence-electron chi connectivity index (χ4n) is 3.32. The first-order valence-electron chi connectivity index (χ1n) is 9.39. The highest BCUT2D eigenvalue weighted by atomic mass is 79.9. The van der Waals surface area contributed by atoms with E-state index in [0.717, 1.165) is 21.2 Å². The Labute approximate surface area is 178 Å². The SMILES string of the molecule is Cc1oc(-c2ccc(Br)cc2)cc1C(=O)NC(c1ccccc1)c1ccccc1. The zero-order valence-corrected chi connectivity index (χ0v) is 17.5. The van der Waals surface area contributed by atoms with Crippen molar-refractivity contribution in [3.63, 3.8) is 0 Å². The zero-order valence-electron chi connectivity index (χ0n) is 15.9. The van der Waals surface area contributed by atoms with Gasteiger partial charge in [0.15, 0.2) is 0 Å². The molecular formula is C25H20BrNO2. The van der Waals surface area contributed by atoms with Crippen molar-refractivity contribution in [1.29, 1.82) is 0 Å². The number of amides is 1. The number of furan rings is 1. The standard InChI is InChI=1S/C25H20BrNO2/c1-17-22(16-23(29-17)18-12-14-21(26)15-13-18)25(28)27-24(19-8-4-2-5-9-19)20-10-6-3-7-11-20/h2-16,24H,1H3,(H,27,28). The highest BCUT2D eigenvalue weighted by Gasteiger charge is 2.21. The number of aryl methyl sites for hydroxylation is 1. The number of carbonyl (C=O) groups excluding carboxylic acids is 1. The maximum atomic E-state index is 13.1. The Morgan fingerprint density at radius 3 is 1.97 bits per heavy atom. The number of nitrogens with one attached hydrogen (secondary N) is 1. The number of hydrogen-bond acceptors (Lipinski definition) is 2. The lowest BCUT2D eigenvalue weighted by atomic mass is 9.98. The van der Waals surface area contributed by atoms with Crippen molar-refractivity contribution in [1.82, 2.24) is 5.32 Å². The third-order valence-electron chi connectivity index (χ3n) is 4.83. The average Bonchev–Trinajstić information content (AvgIpc) is 3.15. The van der Waals surface area contributed by atoms with E-state index in [1.54, 1.807) is 6.07 Å². The van der Waals surface area contributed by atoms with Gasteiger partial charge in [-0.1, -0.05) is 88.7 Å². The Balaban J connectivity index is 1.64. The minimum atomic E-state index is -0.240. The van der Waals surface area contributed by atoms with Crippen LogP contribution in [0, 0.1) is 6.92 Å². The molecule has 4 rings (SSSR count). The van der Waals surface area contributed by atoms with Crippen LogP contribution in [0.5, 0.6) is 0 Å². The van der Waals surface area contributed by atoms with Gasteiger partial charge in [-0.25, -0.2) is 0 Å². The van der Waals surface area contributed by atoms with Crippen LogP contribution in [0.2, 0.25) is 0 Å². The van der Waals surface area contributed by atoms with Crippen LogP contribution in [-0.4, -0.2) is 5.91 Å². The molecule has 0 aliphatic rings. The normalized spacial score (nSPS) is 10.9. The van der Waals surface area contributed by atoms with Crippen LogP contribution < -0.4 is 5.32 Å². The first kappa shape index (κ1) is 19.2. The summed E-state index contributed by atoms with van der Waals surface area (Å²) >= 11 is 3.44. The molecule has 0 aliphatic carbocycles. The Bertz CT molecular complexity index is 1060. The zero-order chi connectivity index (χ0) is 20.2. The second kappa shape index (κ2) is 8.50. The van der Waals surface area contributed by atoms with E-state index < -0.39 is 0 Å². The van der Waals surface area contributed by atoms with Crippen molar-refractivity contribution in [3.05, 3.63) is 118 Å². The van der Waals surface area contributed by atoms with E-state index in [1.165, 1.54) is 0 Å². The molecule has 4 heteroatoms.